The van der Waals surface area contributed by atoms with Crippen LogP contribution in [0.4, 0.5) is 8.78 Å². The Kier molecular flexibility index (Phi) is 7.51. The van der Waals surface area contributed by atoms with E-state index in [0.717, 1.165) is 12.8 Å². The molecule has 1 aliphatic heterocycles. The fourth-order valence-electron chi connectivity index (χ4n) is 3.74. The minimum absolute atomic E-state index is 0.0221. The molecule has 3 N–H and O–H groups in total. The monoisotopic (exact) mass is 494 g/mol. The van der Waals surface area contributed by atoms with E-state index in [1.54, 1.807) is 6.92 Å². The third-order valence-corrected chi connectivity index (χ3v) is 5.80. The van der Waals surface area contributed by atoms with Gasteiger partial charge in [-0.3, -0.25) is 9.59 Å². The number of carbonyl (C=O) groups excluding carboxylic acids is 2. The van der Waals surface area contributed by atoms with Gasteiger partial charge in [-0.15, -0.1) is 0 Å². The lowest BCUT2D eigenvalue weighted by molar-refractivity contribution is -0.144. The SMILES string of the molecule is COC(=O)C1CN(C(=O)c2nc(-c3ccc(OC(F)F)c(OCC4CC4)c3)oc2C(C)N)CCN1. The Morgan fingerprint density at radius 1 is 1.31 bits per heavy atom. The molecule has 1 aromatic heterocycles. The smallest absolute Gasteiger partial charge is 0.387 e. The zero-order valence-corrected chi connectivity index (χ0v) is 19.5. The summed E-state index contributed by atoms with van der Waals surface area (Å²) in [5, 5.41) is 3.01. The largest absolute Gasteiger partial charge is 0.489 e. The van der Waals surface area contributed by atoms with E-state index in [1.165, 1.54) is 30.2 Å². The van der Waals surface area contributed by atoms with Gasteiger partial charge in [-0.25, -0.2) is 4.98 Å². The first-order chi connectivity index (χ1) is 16.8. The van der Waals surface area contributed by atoms with Crippen molar-refractivity contribution in [3.8, 4) is 23.0 Å². The molecule has 1 amide bonds. The van der Waals surface area contributed by atoms with E-state index in [-0.39, 0.29) is 35.4 Å². The van der Waals surface area contributed by atoms with Gasteiger partial charge in [-0.1, -0.05) is 0 Å². The van der Waals surface area contributed by atoms with E-state index in [2.05, 4.69) is 15.0 Å². The van der Waals surface area contributed by atoms with Crippen molar-refractivity contribution >= 4 is 11.9 Å². The molecule has 0 spiro atoms. The lowest BCUT2D eigenvalue weighted by Gasteiger charge is -2.31. The highest BCUT2D eigenvalue weighted by atomic mass is 19.3. The fraction of sp³-hybridized carbons (Fsp3) is 0.522. The first-order valence-electron chi connectivity index (χ1n) is 11.4. The van der Waals surface area contributed by atoms with Crippen LogP contribution in [0, 0.1) is 5.92 Å². The minimum atomic E-state index is -3.01. The number of alkyl halides is 2. The molecule has 2 heterocycles. The van der Waals surface area contributed by atoms with Crippen molar-refractivity contribution in [1.82, 2.24) is 15.2 Å². The van der Waals surface area contributed by atoms with Crippen LogP contribution < -0.4 is 20.5 Å². The standard InChI is InChI=1S/C23H28F2N4O6/c1-12(26)19-18(21(30)29-8-7-27-15(10-29)22(31)32-2)28-20(35-19)14-5-6-16(34-23(24)25)17(9-14)33-11-13-3-4-13/h5-6,9,12-13,15,23,27H,3-4,7-8,10-11,26H2,1-2H3. The summed E-state index contributed by atoms with van der Waals surface area (Å²) in [5.41, 5.74) is 6.48. The molecule has 35 heavy (non-hydrogen) atoms. The number of methoxy groups -OCH3 is 1. The van der Waals surface area contributed by atoms with Gasteiger partial charge in [-0.05, 0) is 43.9 Å². The van der Waals surface area contributed by atoms with Crippen LogP contribution in [0.5, 0.6) is 11.5 Å². The van der Waals surface area contributed by atoms with Gasteiger partial charge in [-0.2, -0.15) is 8.78 Å². The van der Waals surface area contributed by atoms with Crippen molar-refractivity contribution in [1.29, 1.82) is 0 Å². The number of benzene rings is 1. The number of halogens is 2. The van der Waals surface area contributed by atoms with Crippen LogP contribution in [-0.2, 0) is 9.53 Å². The van der Waals surface area contributed by atoms with Crippen molar-refractivity contribution in [3.63, 3.8) is 0 Å². The van der Waals surface area contributed by atoms with Gasteiger partial charge in [0.2, 0.25) is 5.89 Å². The molecule has 2 aliphatic rings. The highest BCUT2D eigenvalue weighted by Crippen LogP contribution is 2.37. The van der Waals surface area contributed by atoms with Crippen molar-refractivity contribution in [3.05, 3.63) is 29.7 Å². The van der Waals surface area contributed by atoms with Crippen LogP contribution in [-0.4, -0.2) is 67.8 Å². The summed E-state index contributed by atoms with van der Waals surface area (Å²) in [5.74, 6) is -0.236. The predicted molar refractivity (Wildman–Crippen MR) is 119 cm³/mol. The number of hydrogen-bond donors (Lipinski definition) is 2. The second kappa shape index (κ2) is 10.6. The zero-order valence-electron chi connectivity index (χ0n) is 19.5. The normalized spacial score (nSPS) is 18.9. The van der Waals surface area contributed by atoms with E-state index in [9.17, 15) is 18.4 Å². The second-order valence-corrected chi connectivity index (χ2v) is 8.60. The van der Waals surface area contributed by atoms with Crippen LogP contribution in [0.3, 0.4) is 0 Å². The van der Waals surface area contributed by atoms with Crippen molar-refractivity contribution in [2.24, 2.45) is 11.7 Å². The van der Waals surface area contributed by atoms with E-state index >= 15 is 0 Å². The number of hydrogen-bond acceptors (Lipinski definition) is 9. The average molecular weight is 494 g/mol. The number of ether oxygens (including phenoxy) is 3. The van der Waals surface area contributed by atoms with Gasteiger partial charge in [0.05, 0.1) is 19.8 Å². The van der Waals surface area contributed by atoms with Crippen LogP contribution in [0.15, 0.2) is 22.6 Å². The van der Waals surface area contributed by atoms with E-state index in [4.69, 9.17) is 19.6 Å². The van der Waals surface area contributed by atoms with Crippen LogP contribution in [0.1, 0.15) is 42.1 Å². The van der Waals surface area contributed by atoms with E-state index in [0.29, 0.717) is 31.2 Å². The Hall–Kier alpha value is -3.25. The molecule has 0 radical (unpaired) electrons. The lowest BCUT2D eigenvalue weighted by atomic mass is 10.1. The third-order valence-electron chi connectivity index (χ3n) is 5.80. The summed E-state index contributed by atoms with van der Waals surface area (Å²) in [7, 11) is 1.28. The number of piperazine rings is 1. The number of oxazole rings is 1. The molecule has 12 heteroatoms. The molecule has 2 unspecified atom stereocenters. The molecule has 0 bridgehead atoms. The maximum absolute atomic E-state index is 13.3. The minimum Gasteiger partial charge on any atom is -0.489 e. The van der Waals surface area contributed by atoms with Crippen molar-refractivity contribution < 1.29 is 37.0 Å². The number of nitrogens with one attached hydrogen (secondary N) is 1. The van der Waals surface area contributed by atoms with Gasteiger partial charge < -0.3 is 34.6 Å². The quantitative estimate of drug-likeness (QED) is 0.505. The molecule has 1 aliphatic carbocycles. The van der Waals surface area contributed by atoms with Crippen LogP contribution in [0.2, 0.25) is 0 Å². The number of aromatic nitrogens is 1. The number of nitrogens with zero attached hydrogens (tertiary/aromatic N) is 2. The molecule has 2 fully saturated rings. The summed E-state index contributed by atoms with van der Waals surface area (Å²) in [6.07, 6.45) is 2.05. The summed E-state index contributed by atoms with van der Waals surface area (Å²) in [6.45, 7) is -0.117. The maximum Gasteiger partial charge on any atom is 0.387 e. The number of esters is 1. The molecule has 190 valence electrons. The Bertz CT molecular complexity index is 1070. The van der Waals surface area contributed by atoms with Crippen molar-refractivity contribution in [2.75, 3.05) is 33.4 Å². The first kappa shape index (κ1) is 24.9. The lowest BCUT2D eigenvalue weighted by Crippen LogP contribution is -2.56. The third kappa shape index (κ3) is 5.88. The Morgan fingerprint density at radius 3 is 2.74 bits per heavy atom. The molecule has 2 atom stereocenters. The van der Waals surface area contributed by atoms with Crippen LogP contribution >= 0.6 is 0 Å². The molecular weight excluding hydrogens is 466 g/mol. The second-order valence-electron chi connectivity index (χ2n) is 8.60. The molecule has 2 aromatic rings. The summed E-state index contributed by atoms with van der Waals surface area (Å²) >= 11 is 0. The predicted octanol–water partition coefficient (Wildman–Crippen LogP) is 2.34. The molecule has 4 rings (SSSR count). The van der Waals surface area contributed by atoms with Crippen molar-refractivity contribution in [2.45, 2.75) is 38.5 Å². The summed E-state index contributed by atoms with van der Waals surface area (Å²) in [4.78, 5) is 31.1. The number of carbonyl (C=O) groups is 2. The zero-order chi connectivity index (χ0) is 25.1. The Balaban J connectivity index is 1.62. The Morgan fingerprint density at radius 2 is 2.09 bits per heavy atom. The highest BCUT2D eigenvalue weighted by molar-refractivity contribution is 5.94. The fourth-order valence-corrected chi connectivity index (χ4v) is 3.74. The molecule has 1 aromatic carbocycles. The van der Waals surface area contributed by atoms with E-state index < -0.39 is 30.6 Å². The summed E-state index contributed by atoms with van der Waals surface area (Å²) < 4.78 is 46.6. The topological polar surface area (TPSA) is 129 Å². The summed E-state index contributed by atoms with van der Waals surface area (Å²) in [6, 6.07) is 3.02. The molecule has 1 saturated heterocycles. The van der Waals surface area contributed by atoms with E-state index in [1.807, 2.05) is 0 Å². The Labute approximate surface area is 200 Å². The molecule has 10 nitrogen and oxygen atoms in total. The van der Waals surface area contributed by atoms with Gasteiger partial charge in [0.15, 0.2) is 23.0 Å². The van der Waals surface area contributed by atoms with Gasteiger partial charge in [0.25, 0.3) is 5.91 Å². The molecule has 1 saturated carbocycles. The van der Waals surface area contributed by atoms with Crippen LogP contribution in [0.25, 0.3) is 11.5 Å². The molecular formula is C23H28F2N4O6. The number of rotatable bonds is 9. The first-order valence-corrected chi connectivity index (χ1v) is 11.4. The van der Waals surface area contributed by atoms with Gasteiger partial charge >= 0.3 is 12.6 Å². The van der Waals surface area contributed by atoms with Gasteiger partial charge in [0, 0.05) is 25.2 Å². The number of amides is 1. The van der Waals surface area contributed by atoms with Gasteiger partial charge in [0.1, 0.15) is 6.04 Å². The maximum atomic E-state index is 13.3. The number of nitrogens with two attached hydrogens (primary N) is 1. The highest BCUT2D eigenvalue weighted by Gasteiger charge is 2.33. The average Bonchev–Trinajstić information content (AvgIpc) is 3.57.